The molecule has 2 heterocycles. The summed E-state index contributed by atoms with van der Waals surface area (Å²) in [7, 11) is 0. The largest absolute Gasteiger partial charge is 0.481 e. The minimum atomic E-state index is -1.02. The van der Waals surface area contributed by atoms with E-state index >= 15 is 0 Å². The van der Waals surface area contributed by atoms with Crippen LogP contribution in [0.2, 0.25) is 0 Å². The fourth-order valence-corrected chi connectivity index (χ4v) is 5.64. The van der Waals surface area contributed by atoms with Crippen molar-refractivity contribution in [1.82, 2.24) is 10.2 Å². The van der Waals surface area contributed by atoms with E-state index < -0.39 is 18.1 Å². The summed E-state index contributed by atoms with van der Waals surface area (Å²) >= 11 is 0. The quantitative estimate of drug-likeness (QED) is 0.631. The van der Waals surface area contributed by atoms with E-state index in [0.717, 1.165) is 41.5 Å². The maximum atomic E-state index is 13.2. The minimum absolute atomic E-state index is 0.00270. The van der Waals surface area contributed by atoms with Gasteiger partial charge in [-0.05, 0) is 47.9 Å². The summed E-state index contributed by atoms with van der Waals surface area (Å²) in [5.41, 5.74) is 4.15. The zero-order valence-corrected chi connectivity index (χ0v) is 19.6. The van der Waals surface area contributed by atoms with Crippen LogP contribution in [0.5, 0.6) is 0 Å². The molecule has 3 aliphatic rings. The van der Waals surface area contributed by atoms with Gasteiger partial charge in [-0.1, -0.05) is 48.5 Å². The van der Waals surface area contributed by atoms with Crippen LogP contribution in [-0.4, -0.2) is 65.9 Å². The molecule has 8 nitrogen and oxygen atoms in total. The standard InChI is InChI=1S/C27H30N2O6/c30-24(31)11-10-23(25(32)29-14-13-27(17-29)12-5-15-35-27)28-26(33)34-16-22-20-8-3-1-6-18(20)19-7-2-4-9-21(19)22/h1-4,6-9,22-23H,5,10-17H2,(H,28,33)(H,30,31). The summed E-state index contributed by atoms with van der Waals surface area (Å²) in [5, 5.41) is 11.8. The highest BCUT2D eigenvalue weighted by molar-refractivity contribution is 5.86. The van der Waals surface area contributed by atoms with Gasteiger partial charge in [0.1, 0.15) is 12.6 Å². The van der Waals surface area contributed by atoms with Gasteiger partial charge in [0, 0.05) is 32.0 Å². The Morgan fingerprint density at radius 3 is 2.40 bits per heavy atom. The van der Waals surface area contributed by atoms with Crippen LogP contribution in [0, 0.1) is 0 Å². The number of nitrogens with one attached hydrogen (secondary N) is 1. The molecule has 0 aromatic heterocycles. The number of carbonyl (C=O) groups excluding carboxylic acids is 2. The number of ether oxygens (including phenoxy) is 2. The van der Waals surface area contributed by atoms with Gasteiger partial charge in [0.05, 0.1) is 5.60 Å². The van der Waals surface area contributed by atoms with Gasteiger partial charge in [-0.3, -0.25) is 9.59 Å². The molecule has 2 aliphatic heterocycles. The van der Waals surface area contributed by atoms with Gasteiger partial charge >= 0.3 is 12.1 Å². The summed E-state index contributed by atoms with van der Waals surface area (Å²) < 4.78 is 11.5. The summed E-state index contributed by atoms with van der Waals surface area (Å²) in [6.45, 7) is 1.83. The first-order chi connectivity index (χ1) is 17.0. The molecule has 1 spiro atoms. The van der Waals surface area contributed by atoms with Gasteiger partial charge in [-0.2, -0.15) is 0 Å². The van der Waals surface area contributed by atoms with Crippen molar-refractivity contribution >= 4 is 18.0 Å². The maximum Gasteiger partial charge on any atom is 0.407 e. The van der Waals surface area contributed by atoms with Crippen molar-refractivity contribution in [2.75, 3.05) is 26.3 Å². The molecule has 2 aromatic carbocycles. The van der Waals surface area contributed by atoms with Crippen LogP contribution in [0.3, 0.4) is 0 Å². The Hall–Kier alpha value is -3.39. The number of fused-ring (bicyclic) bond motifs is 3. The highest BCUT2D eigenvalue weighted by atomic mass is 16.5. The third-order valence-electron chi connectivity index (χ3n) is 7.39. The summed E-state index contributed by atoms with van der Waals surface area (Å²) in [5.74, 6) is -1.40. The first-order valence-electron chi connectivity index (χ1n) is 12.2. The number of hydrogen-bond acceptors (Lipinski definition) is 5. The number of carboxylic acids is 1. The van der Waals surface area contributed by atoms with Gasteiger partial charge in [-0.15, -0.1) is 0 Å². The lowest BCUT2D eigenvalue weighted by molar-refractivity contribution is -0.138. The lowest BCUT2D eigenvalue weighted by atomic mass is 9.98. The van der Waals surface area contributed by atoms with E-state index in [4.69, 9.17) is 14.6 Å². The lowest BCUT2D eigenvalue weighted by Crippen LogP contribution is -2.49. The van der Waals surface area contributed by atoms with Gasteiger partial charge in [0.25, 0.3) is 0 Å². The molecule has 5 rings (SSSR count). The van der Waals surface area contributed by atoms with Crippen molar-refractivity contribution < 1.29 is 29.0 Å². The second-order valence-electron chi connectivity index (χ2n) is 9.60. The highest BCUT2D eigenvalue weighted by Crippen LogP contribution is 2.44. The Bertz CT molecular complexity index is 1080. The molecular weight excluding hydrogens is 448 g/mol. The Labute approximate surface area is 204 Å². The number of benzene rings is 2. The van der Waals surface area contributed by atoms with Crippen molar-refractivity contribution in [2.45, 2.75) is 49.7 Å². The monoisotopic (exact) mass is 478 g/mol. The number of carbonyl (C=O) groups is 3. The van der Waals surface area contributed by atoms with Crippen molar-refractivity contribution in [3.8, 4) is 11.1 Å². The minimum Gasteiger partial charge on any atom is -0.481 e. The van der Waals surface area contributed by atoms with Gasteiger partial charge in [-0.25, -0.2) is 4.79 Å². The predicted octanol–water partition coefficient (Wildman–Crippen LogP) is 3.54. The molecule has 2 amide bonds. The van der Waals surface area contributed by atoms with Crippen LogP contribution in [0.4, 0.5) is 4.79 Å². The average molecular weight is 479 g/mol. The molecule has 0 radical (unpaired) electrons. The molecule has 0 bridgehead atoms. The Morgan fingerprint density at radius 1 is 1.09 bits per heavy atom. The third-order valence-corrected chi connectivity index (χ3v) is 7.39. The highest BCUT2D eigenvalue weighted by Gasteiger charge is 2.44. The number of likely N-dealkylation sites (tertiary alicyclic amines) is 1. The molecule has 2 aromatic rings. The van der Waals surface area contributed by atoms with E-state index in [1.807, 2.05) is 36.4 Å². The number of alkyl carbamates (subject to hydrolysis) is 1. The van der Waals surface area contributed by atoms with Crippen molar-refractivity contribution in [2.24, 2.45) is 0 Å². The normalized spacial score (nSPS) is 21.5. The van der Waals surface area contributed by atoms with Crippen molar-refractivity contribution in [1.29, 1.82) is 0 Å². The summed E-state index contributed by atoms with van der Waals surface area (Å²) in [6.07, 6.45) is 1.70. The zero-order chi connectivity index (χ0) is 24.4. The van der Waals surface area contributed by atoms with Gasteiger partial charge < -0.3 is 24.8 Å². The Kier molecular flexibility index (Phi) is 6.47. The number of amides is 2. The smallest absolute Gasteiger partial charge is 0.407 e. The number of rotatable bonds is 7. The van der Waals surface area contributed by atoms with E-state index in [1.54, 1.807) is 4.90 Å². The van der Waals surface area contributed by atoms with Crippen LogP contribution >= 0.6 is 0 Å². The molecular formula is C27H30N2O6. The molecule has 2 N–H and O–H groups in total. The second kappa shape index (κ2) is 9.70. The number of carboxylic acid groups (broad SMARTS) is 1. The first-order valence-corrected chi connectivity index (χ1v) is 12.2. The Balaban J connectivity index is 1.24. The molecule has 35 heavy (non-hydrogen) atoms. The zero-order valence-electron chi connectivity index (χ0n) is 19.6. The van der Waals surface area contributed by atoms with Gasteiger partial charge in [0.15, 0.2) is 0 Å². The Morgan fingerprint density at radius 2 is 1.77 bits per heavy atom. The predicted molar refractivity (Wildman–Crippen MR) is 128 cm³/mol. The summed E-state index contributed by atoms with van der Waals surface area (Å²) in [4.78, 5) is 38.9. The van der Waals surface area contributed by atoms with Gasteiger partial charge in [0.2, 0.25) is 5.91 Å². The summed E-state index contributed by atoms with van der Waals surface area (Å²) in [6, 6.07) is 15.1. The molecule has 2 fully saturated rings. The second-order valence-corrected chi connectivity index (χ2v) is 9.60. The fraction of sp³-hybridized carbons (Fsp3) is 0.444. The fourth-order valence-electron chi connectivity index (χ4n) is 5.64. The number of aliphatic carboxylic acids is 1. The van der Waals surface area contributed by atoms with E-state index in [-0.39, 0.29) is 36.9 Å². The van der Waals surface area contributed by atoms with Crippen LogP contribution in [-0.2, 0) is 19.1 Å². The maximum absolute atomic E-state index is 13.2. The van der Waals surface area contributed by atoms with E-state index in [9.17, 15) is 14.4 Å². The van der Waals surface area contributed by atoms with Crippen LogP contribution in [0.1, 0.15) is 49.1 Å². The molecule has 2 unspecified atom stereocenters. The van der Waals surface area contributed by atoms with E-state index in [1.165, 1.54) is 0 Å². The topological polar surface area (TPSA) is 105 Å². The molecule has 184 valence electrons. The number of nitrogens with zero attached hydrogens (tertiary/aromatic N) is 1. The van der Waals surface area contributed by atoms with Crippen molar-refractivity contribution in [3.63, 3.8) is 0 Å². The molecule has 2 atom stereocenters. The lowest BCUT2D eigenvalue weighted by Gasteiger charge is -2.26. The molecule has 2 saturated heterocycles. The molecule has 1 aliphatic carbocycles. The van der Waals surface area contributed by atoms with Crippen LogP contribution < -0.4 is 5.32 Å². The van der Waals surface area contributed by atoms with Crippen LogP contribution in [0.25, 0.3) is 11.1 Å². The van der Waals surface area contributed by atoms with Crippen molar-refractivity contribution in [3.05, 3.63) is 59.7 Å². The van der Waals surface area contributed by atoms with Crippen LogP contribution in [0.15, 0.2) is 48.5 Å². The molecule has 8 heteroatoms. The van der Waals surface area contributed by atoms with E-state index in [2.05, 4.69) is 17.4 Å². The first kappa shape index (κ1) is 23.4. The average Bonchev–Trinajstić information content (AvgIpc) is 3.58. The SMILES string of the molecule is O=C(O)CCC(NC(=O)OCC1c2ccccc2-c2ccccc21)C(=O)N1CCC2(CCCO2)C1. The third kappa shape index (κ3) is 4.75. The van der Waals surface area contributed by atoms with E-state index in [0.29, 0.717) is 19.7 Å². The molecule has 0 saturated carbocycles. The number of hydrogen-bond donors (Lipinski definition) is 2.